The molecule has 1 aliphatic rings. The van der Waals surface area contributed by atoms with Gasteiger partial charge in [-0.3, -0.25) is 4.72 Å². The van der Waals surface area contributed by atoms with Crippen LogP contribution in [0.5, 0.6) is 0 Å². The second-order valence-electron chi connectivity index (χ2n) is 7.04. The van der Waals surface area contributed by atoms with E-state index in [0.29, 0.717) is 12.0 Å². The molecule has 0 amide bonds. The van der Waals surface area contributed by atoms with Crippen LogP contribution in [0.1, 0.15) is 11.1 Å². The Morgan fingerprint density at radius 1 is 0.806 bits per heavy atom. The fourth-order valence-electron chi connectivity index (χ4n) is 3.49. The van der Waals surface area contributed by atoms with Crippen LogP contribution in [-0.4, -0.2) is 27.7 Å². The number of nitrogens with zero attached hydrogens (tertiary/aromatic N) is 1. The van der Waals surface area contributed by atoms with Gasteiger partial charge in [0.1, 0.15) is 11.6 Å². The Bertz CT molecular complexity index is 1320. The van der Waals surface area contributed by atoms with Crippen molar-refractivity contribution in [2.75, 3.05) is 11.3 Å². The Morgan fingerprint density at radius 2 is 1.48 bits per heavy atom. The monoisotopic (exact) mass is 464 g/mol. The van der Waals surface area contributed by atoms with E-state index in [1.54, 1.807) is 24.3 Å². The Balaban J connectivity index is 1.62. The zero-order chi connectivity index (χ0) is 22.2. The number of rotatable bonds is 5. The van der Waals surface area contributed by atoms with Crippen molar-refractivity contribution < 1.29 is 25.6 Å². The van der Waals surface area contributed by atoms with Gasteiger partial charge in [0.2, 0.25) is 10.0 Å². The molecule has 0 fully saturated rings. The van der Waals surface area contributed by atoms with Gasteiger partial charge in [-0.25, -0.2) is 25.6 Å². The van der Waals surface area contributed by atoms with Crippen LogP contribution in [-0.2, 0) is 33.0 Å². The van der Waals surface area contributed by atoms with Crippen molar-refractivity contribution in [3.8, 4) is 0 Å². The third-order valence-electron chi connectivity index (χ3n) is 5.00. The highest BCUT2D eigenvalue weighted by Gasteiger charge is 2.29. The lowest BCUT2D eigenvalue weighted by atomic mass is 10.0. The van der Waals surface area contributed by atoms with Gasteiger partial charge >= 0.3 is 0 Å². The van der Waals surface area contributed by atoms with Crippen molar-refractivity contribution in [2.24, 2.45) is 0 Å². The molecule has 0 spiro atoms. The third kappa shape index (κ3) is 4.18. The Morgan fingerprint density at radius 3 is 2.16 bits per heavy atom. The molecule has 162 valence electrons. The van der Waals surface area contributed by atoms with Gasteiger partial charge in [0.25, 0.3) is 10.0 Å². The van der Waals surface area contributed by atoms with Crippen molar-refractivity contribution in [1.82, 2.24) is 4.31 Å². The molecule has 3 aromatic rings. The van der Waals surface area contributed by atoms with E-state index in [-0.39, 0.29) is 23.7 Å². The number of anilines is 1. The number of sulfonamides is 2. The van der Waals surface area contributed by atoms with Gasteiger partial charge in [-0.1, -0.05) is 30.3 Å². The van der Waals surface area contributed by atoms with Crippen LogP contribution in [0, 0.1) is 11.6 Å². The summed E-state index contributed by atoms with van der Waals surface area (Å²) in [6.07, 6.45) is 0.455. The second kappa shape index (κ2) is 8.03. The minimum atomic E-state index is -4.52. The summed E-state index contributed by atoms with van der Waals surface area (Å²) in [7, 11) is -8.23. The van der Waals surface area contributed by atoms with E-state index in [2.05, 4.69) is 4.72 Å². The number of nitrogens with one attached hydrogen (secondary N) is 1. The fourth-order valence-corrected chi connectivity index (χ4v) is 6.12. The van der Waals surface area contributed by atoms with Crippen LogP contribution in [0.15, 0.2) is 76.5 Å². The highest BCUT2D eigenvalue weighted by Crippen LogP contribution is 2.28. The molecule has 6 nitrogen and oxygen atoms in total. The predicted octanol–water partition coefficient (Wildman–Crippen LogP) is 3.51. The second-order valence-corrected chi connectivity index (χ2v) is 10.6. The SMILES string of the molecule is O=S(=O)(Nc1ccc2c(c1)CN(S(=O)(=O)c1ccccc1)CC2)c1c(F)cccc1F. The van der Waals surface area contributed by atoms with Crippen LogP contribution in [0.25, 0.3) is 0 Å². The average Bonchev–Trinajstić information content (AvgIpc) is 2.73. The quantitative estimate of drug-likeness (QED) is 0.626. The number of benzene rings is 3. The molecule has 3 aromatic carbocycles. The first-order valence-electron chi connectivity index (χ1n) is 9.32. The highest BCUT2D eigenvalue weighted by atomic mass is 32.2. The average molecular weight is 465 g/mol. The Kier molecular flexibility index (Phi) is 5.54. The van der Waals surface area contributed by atoms with E-state index in [1.165, 1.54) is 28.6 Å². The van der Waals surface area contributed by atoms with E-state index in [0.717, 1.165) is 23.8 Å². The van der Waals surface area contributed by atoms with E-state index >= 15 is 0 Å². The van der Waals surface area contributed by atoms with Gasteiger partial charge in [0.05, 0.1) is 4.90 Å². The minimum absolute atomic E-state index is 0.0518. The van der Waals surface area contributed by atoms with E-state index < -0.39 is 36.6 Å². The standard InChI is InChI=1S/C21H18F2N2O4S2/c22-19-7-4-8-20(23)21(19)30(26,27)24-17-10-9-15-11-12-25(14-16(15)13-17)31(28,29)18-5-2-1-3-6-18/h1-10,13,24H,11-12,14H2. The molecule has 1 aliphatic heterocycles. The topological polar surface area (TPSA) is 83.6 Å². The molecular weight excluding hydrogens is 446 g/mol. The summed E-state index contributed by atoms with van der Waals surface area (Å²) in [5.74, 6) is -2.41. The lowest BCUT2D eigenvalue weighted by Crippen LogP contribution is -2.36. The van der Waals surface area contributed by atoms with E-state index in [4.69, 9.17) is 0 Å². The first kappa shape index (κ1) is 21.4. The molecule has 0 radical (unpaired) electrons. The molecule has 0 unspecified atom stereocenters. The highest BCUT2D eigenvalue weighted by molar-refractivity contribution is 7.92. The summed E-state index contributed by atoms with van der Waals surface area (Å²) in [6, 6.07) is 15.5. The van der Waals surface area contributed by atoms with Crippen molar-refractivity contribution in [1.29, 1.82) is 0 Å². The molecule has 0 aliphatic carbocycles. The fraction of sp³-hybridized carbons (Fsp3) is 0.143. The predicted molar refractivity (Wildman–Crippen MR) is 111 cm³/mol. The number of fused-ring (bicyclic) bond motifs is 1. The summed E-state index contributed by atoms with van der Waals surface area (Å²) >= 11 is 0. The lowest BCUT2D eigenvalue weighted by molar-refractivity contribution is 0.391. The van der Waals surface area contributed by atoms with Gasteiger partial charge < -0.3 is 0 Å². The van der Waals surface area contributed by atoms with Gasteiger partial charge in [-0.05, 0) is 53.9 Å². The molecule has 0 bridgehead atoms. The maximum Gasteiger partial charge on any atom is 0.267 e. The molecule has 1 heterocycles. The third-order valence-corrected chi connectivity index (χ3v) is 8.30. The number of hydrogen-bond acceptors (Lipinski definition) is 4. The van der Waals surface area contributed by atoms with Crippen molar-refractivity contribution in [3.05, 3.63) is 89.5 Å². The van der Waals surface area contributed by atoms with Crippen LogP contribution >= 0.6 is 0 Å². The van der Waals surface area contributed by atoms with Crippen LogP contribution in [0.3, 0.4) is 0 Å². The Labute approximate surface area is 179 Å². The molecule has 0 saturated carbocycles. The maximum atomic E-state index is 13.9. The summed E-state index contributed by atoms with van der Waals surface area (Å²) in [5, 5.41) is 0. The molecule has 4 rings (SSSR count). The number of halogens is 2. The first-order valence-corrected chi connectivity index (χ1v) is 12.2. The van der Waals surface area contributed by atoms with Crippen molar-refractivity contribution in [3.63, 3.8) is 0 Å². The molecule has 0 atom stereocenters. The van der Waals surface area contributed by atoms with Crippen LogP contribution in [0.4, 0.5) is 14.5 Å². The normalized spacial score (nSPS) is 14.8. The van der Waals surface area contributed by atoms with Crippen LogP contribution in [0.2, 0.25) is 0 Å². The number of hydrogen-bond donors (Lipinski definition) is 1. The molecular formula is C21H18F2N2O4S2. The van der Waals surface area contributed by atoms with E-state index in [1.807, 2.05) is 0 Å². The maximum absolute atomic E-state index is 13.9. The summed E-state index contributed by atoms with van der Waals surface area (Å²) in [4.78, 5) is -0.897. The van der Waals surface area contributed by atoms with Gasteiger partial charge in [0.15, 0.2) is 4.90 Å². The molecule has 1 N–H and O–H groups in total. The van der Waals surface area contributed by atoms with Crippen molar-refractivity contribution >= 4 is 25.7 Å². The Hall–Kier alpha value is -2.82. The molecule has 31 heavy (non-hydrogen) atoms. The zero-order valence-electron chi connectivity index (χ0n) is 16.1. The minimum Gasteiger partial charge on any atom is -0.279 e. The molecule has 0 aromatic heterocycles. The molecule has 0 saturated heterocycles. The van der Waals surface area contributed by atoms with Gasteiger partial charge in [0, 0.05) is 18.8 Å². The summed E-state index contributed by atoms with van der Waals surface area (Å²) < 4.78 is 82.2. The van der Waals surface area contributed by atoms with E-state index in [9.17, 15) is 25.6 Å². The lowest BCUT2D eigenvalue weighted by Gasteiger charge is -2.28. The van der Waals surface area contributed by atoms with Crippen LogP contribution < -0.4 is 4.72 Å². The smallest absolute Gasteiger partial charge is 0.267 e. The largest absolute Gasteiger partial charge is 0.279 e. The zero-order valence-corrected chi connectivity index (χ0v) is 17.8. The van der Waals surface area contributed by atoms with Gasteiger partial charge in [-0.2, -0.15) is 4.31 Å². The first-order chi connectivity index (χ1) is 14.7. The van der Waals surface area contributed by atoms with Gasteiger partial charge in [-0.15, -0.1) is 0 Å². The van der Waals surface area contributed by atoms with Crippen molar-refractivity contribution in [2.45, 2.75) is 22.8 Å². The summed E-state index contributed by atoms with van der Waals surface area (Å²) in [5.41, 5.74) is 1.57. The summed E-state index contributed by atoms with van der Waals surface area (Å²) in [6.45, 7) is 0.339. The molecule has 10 heteroatoms.